The molecule has 1 aromatic rings. The van der Waals surface area contributed by atoms with Crippen molar-refractivity contribution in [1.82, 2.24) is 0 Å². The molecule has 84 valence electrons. The van der Waals surface area contributed by atoms with Gasteiger partial charge >= 0.3 is 0 Å². The first-order chi connectivity index (χ1) is 6.57. The standard InChI is InChI=1S/C10H11BrFNO.ClH/c1-2-3-8(13)6-4-5-7(12)9(11)10(6)14;/h2,4-5,8,14H,1,3,13H2;1H/t8-;/m0./s1. The van der Waals surface area contributed by atoms with Crippen molar-refractivity contribution >= 4 is 28.3 Å². The smallest absolute Gasteiger partial charge is 0.141 e. The topological polar surface area (TPSA) is 46.2 Å². The average molecular weight is 297 g/mol. The number of hydrogen-bond donors (Lipinski definition) is 2. The summed E-state index contributed by atoms with van der Waals surface area (Å²) >= 11 is 2.94. The molecule has 3 N–H and O–H groups in total. The van der Waals surface area contributed by atoms with E-state index in [9.17, 15) is 9.50 Å². The van der Waals surface area contributed by atoms with Crippen LogP contribution < -0.4 is 5.73 Å². The number of phenols is 1. The number of phenolic OH excluding ortho intramolecular Hbond substituents is 1. The molecule has 0 aliphatic carbocycles. The van der Waals surface area contributed by atoms with E-state index >= 15 is 0 Å². The maximum Gasteiger partial charge on any atom is 0.141 e. The summed E-state index contributed by atoms with van der Waals surface area (Å²) < 4.78 is 13.0. The van der Waals surface area contributed by atoms with E-state index in [0.29, 0.717) is 12.0 Å². The summed E-state index contributed by atoms with van der Waals surface area (Å²) in [5.74, 6) is -0.642. The average Bonchev–Trinajstić information content (AvgIpc) is 2.15. The normalized spacial score (nSPS) is 11.7. The summed E-state index contributed by atoms with van der Waals surface area (Å²) in [5.41, 5.74) is 6.26. The Bertz CT molecular complexity index is 360. The molecule has 0 aromatic heterocycles. The minimum atomic E-state index is -0.503. The van der Waals surface area contributed by atoms with Gasteiger partial charge in [0.1, 0.15) is 11.6 Å². The predicted molar refractivity (Wildman–Crippen MR) is 64.8 cm³/mol. The van der Waals surface area contributed by atoms with Crippen molar-refractivity contribution in [3.05, 3.63) is 40.6 Å². The van der Waals surface area contributed by atoms with Crippen LogP contribution in [0.1, 0.15) is 18.0 Å². The molecule has 1 aromatic carbocycles. The molecule has 0 aliphatic rings. The van der Waals surface area contributed by atoms with Crippen LogP contribution in [0.4, 0.5) is 4.39 Å². The number of hydrogen-bond acceptors (Lipinski definition) is 2. The summed E-state index contributed by atoms with van der Waals surface area (Å²) in [5, 5.41) is 9.57. The lowest BCUT2D eigenvalue weighted by Crippen LogP contribution is -2.09. The Morgan fingerprint density at radius 2 is 2.20 bits per heavy atom. The first kappa shape index (κ1) is 14.4. The summed E-state index contributed by atoms with van der Waals surface area (Å²) in [6.45, 7) is 3.55. The van der Waals surface area contributed by atoms with Crippen LogP contribution in [-0.2, 0) is 0 Å². The van der Waals surface area contributed by atoms with Gasteiger partial charge in [0.2, 0.25) is 0 Å². The minimum Gasteiger partial charge on any atom is -0.506 e. The molecule has 0 aliphatic heterocycles. The summed E-state index contributed by atoms with van der Waals surface area (Å²) in [4.78, 5) is 0. The van der Waals surface area contributed by atoms with E-state index in [2.05, 4.69) is 22.5 Å². The summed E-state index contributed by atoms with van der Waals surface area (Å²) in [6.07, 6.45) is 2.19. The zero-order valence-electron chi connectivity index (χ0n) is 7.91. The zero-order valence-corrected chi connectivity index (χ0v) is 10.3. The molecule has 0 fully saturated rings. The predicted octanol–water partition coefficient (Wildman–Crippen LogP) is 3.29. The highest BCUT2D eigenvalue weighted by Crippen LogP contribution is 2.34. The van der Waals surface area contributed by atoms with Crippen molar-refractivity contribution in [2.24, 2.45) is 5.73 Å². The molecular formula is C10H12BrClFNO. The Hall–Kier alpha value is -0.580. The molecule has 0 unspecified atom stereocenters. The molecule has 0 amide bonds. The van der Waals surface area contributed by atoms with E-state index in [4.69, 9.17) is 5.73 Å². The fourth-order valence-electron chi connectivity index (χ4n) is 1.16. The molecule has 0 bridgehead atoms. The van der Waals surface area contributed by atoms with E-state index in [1.54, 1.807) is 6.08 Å². The van der Waals surface area contributed by atoms with Gasteiger partial charge in [-0.3, -0.25) is 0 Å². The molecule has 15 heavy (non-hydrogen) atoms. The summed E-state index contributed by atoms with van der Waals surface area (Å²) in [7, 11) is 0. The van der Waals surface area contributed by atoms with Gasteiger partial charge in [-0.1, -0.05) is 12.1 Å². The van der Waals surface area contributed by atoms with Gasteiger partial charge in [-0.25, -0.2) is 4.39 Å². The quantitative estimate of drug-likeness (QED) is 0.841. The number of benzene rings is 1. The first-order valence-corrected chi connectivity index (χ1v) is 4.90. The Morgan fingerprint density at radius 1 is 1.60 bits per heavy atom. The van der Waals surface area contributed by atoms with Gasteiger partial charge in [-0.05, 0) is 28.4 Å². The Kier molecular flexibility index (Phi) is 5.87. The van der Waals surface area contributed by atoms with E-state index in [1.807, 2.05) is 0 Å². The van der Waals surface area contributed by atoms with E-state index in [-0.39, 0.29) is 28.7 Å². The Balaban J connectivity index is 0.00000196. The number of halogens is 3. The highest BCUT2D eigenvalue weighted by Gasteiger charge is 2.14. The Morgan fingerprint density at radius 3 is 2.73 bits per heavy atom. The van der Waals surface area contributed by atoms with Crippen LogP contribution in [0.2, 0.25) is 0 Å². The third-order valence-corrected chi connectivity index (χ3v) is 2.67. The van der Waals surface area contributed by atoms with Crippen LogP contribution in [0.15, 0.2) is 29.3 Å². The van der Waals surface area contributed by atoms with Crippen LogP contribution >= 0.6 is 28.3 Å². The van der Waals surface area contributed by atoms with Crippen molar-refractivity contribution in [2.45, 2.75) is 12.5 Å². The lowest BCUT2D eigenvalue weighted by molar-refractivity contribution is 0.450. The molecular weight excluding hydrogens is 284 g/mol. The third-order valence-electron chi connectivity index (χ3n) is 1.92. The number of aromatic hydroxyl groups is 1. The van der Waals surface area contributed by atoms with E-state index in [1.165, 1.54) is 12.1 Å². The van der Waals surface area contributed by atoms with Gasteiger partial charge in [0.25, 0.3) is 0 Å². The third kappa shape index (κ3) is 3.19. The van der Waals surface area contributed by atoms with Crippen LogP contribution in [0.3, 0.4) is 0 Å². The maximum absolute atomic E-state index is 12.9. The molecule has 0 spiro atoms. The molecule has 0 saturated heterocycles. The van der Waals surface area contributed by atoms with Crippen LogP contribution in [0.5, 0.6) is 5.75 Å². The highest BCUT2D eigenvalue weighted by atomic mass is 79.9. The minimum absolute atomic E-state index is 0. The van der Waals surface area contributed by atoms with Crippen molar-refractivity contribution in [2.75, 3.05) is 0 Å². The second-order valence-corrected chi connectivity index (χ2v) is 3.72. The maximum atomic E-state index is 12.9. The van der Waals surface area contributed by atoms with E-state index < -0.39 is 5.82 Å². The zero-order chi connectivity index (χ0) is 10.7. The van der Waals surface area contributed by atoms with Gasteiger partial charge in [0.05, 0.1) is 4.47 Å². The second-order valence-electron chi connectivity index (χ2n) is 2.93. The molecule has 1 rings (SSSR count). The van der Waals surface area contributed by atoms with Crippen molar-refractivity contribution in [3.63, 3.8) is 0 Å². The summed E-state index contributed by atoms with van der Waals surface area (Å²) in [6, 6.07) is 2.38. The molecule has 2 nitrogen and oxygen atoms in total. The molecule has 1 atom stereocenters. The largest absolute Gasteiger partial charge is 0.506 e. The van der Waals surface area contributed by atoms with Crippen LogP contribution in [0, 0.1) is 5.82 Å². The van der Waals surface area contributed by atoms with E-state index in [0.717, 1.165) is 0 Å². The van der Waals surface area contributed by atoms with Crippen LogP contribution in [0.25, 0.3) is 0 Å². The van der Waals surface area contributed by atoms with Gasteiger partial charge in [-0.2, -0.15) is 0 Å². The van der Waals surface area contributed by atoms with Crippen molar-refractivity contribution in [3.8, 4) is 5.75 Å². The molecule has 0 radical (unpaired) electrons. The van der Waals surface area contributed by atoms with Gasteiger partial charge in [0.15, 0.2) is 0 Å². The second kappa shape index (κ2) is 6.10. The first-order valence-electron chi connectivity index (χ1n) is 4.11. The van der Waals surface area contributed by atoms with Gasteiger partial charge in [0, 0.05) is 11.6 Å². The lowest BCUT2D eigenvalue weighted by Gasteiger charge is -2.12. The van der Waals surface area contributed by atoms with Crippen LogP contribution in [-0.4, -0.2) is 5.11 Å². The fraction of sp³-hybridized carbons (Fsp3) is 0.200. The Labute approximate surface area is 103 Å². The molecule has 0 heterocycles. The van der Waals surface area contributed by atoms with Crippen molar-refractivity contribution in [1.29, 1.82) is 0 Å². The van der Waals surface area contributed by atoms with Crippen molar-refractivity contribution < 1.29 is 9.50 Å². The fourth-order valence-corrected chi connectivity index (χ4v) is 1.52. The molecule has 5 heteroatoms. The monoisotopic (exact) mass is 295 g/mol. The lowest BCUT2D eigenvalue weighted by atomic mass is 10.0. The number of rotatable bonds is 3. The number of nitrogens with two attached hydrogens (primary N) is 1. The van der Waals surface area contributed by atoms with Gasteiger partial charge in [-0.15, -0.1) is 19.0 Å². The highest BCUT2D eigenvalue weighted by molar-refractivity contribution is 9.10. The SMILES string of the molecule is C=CC[C@H](N)c1ccc(F)c(Br)c1O.Cl. The molecule has 0 saturated carbocycles. The van der Waals surface area contributed by atoms with Gasteiger partial charge < -0.3 is 10.8 Å².